The van der Waals surface area contributed by atoms with Gasteiger partial charge in [0.2, 0.25) is 0 Å². The first kappa shape index (κ1) is 19.4. The lowest BCUT2D eigenvalue weighted by molar-refractivity contribution is 0.0631. The Morgan fingerprint density at radius 1 is 1.22 bits per heavy atom. The van der Waals surface area contributed by atoms with Crippen molar-refractivity contribution in [3.8, 4) is 5.75 Å². The second-order valence-corrected chi connectivity index (χ2v) is 8.70. The van der Waals surface area contributed by atoms with E-state index in [1.807, 2.05) is 24.3 Å². The Bertz CT molecular complexity index is 956. The van der Waals surface area contributed by atoms with Crippen LogP contribution in [0.4, 0.5) is 0 Å². The third kappa shape index (κ3) is 3.99. The summed E-state index contributed by atoms with van der Waals surface area (Å²) in [7, 11) is -1.79. The Hall–Kier alpha value is -2.38. The monoisotopic (exact) mass is 388 g/mol. The Morgan fingerprint density at radius 2 is 1.96 bits per heavy atom. The fourth-order valence-corrected chi connectivity index (χ4v) is 4.46. The molecule has 1 N–H and O–H groups in total. The number of para-hydroxylation sites is 1. The average Bonchev–Trinajstić information content (AvgIpc) is 2.67. The van der Waals surface area contributed by atoms with Crippen LogP contribution in [0.5, 0.6) is 5.75 Å². The number of benzene rings is 2. The molecule has 3 rings (SSSR count). The van der Waals surface area contributed by atoms with Crippen LogP contribution in [0, 0.1) is 6.92 Å². The molecular formula is C20H24N2O4S. The lowest BCUT2D eigenvalue weighted by Gasteiger charge is -2.37. The Morgan fingerprint density at radius 3 is 2.67 bits per heavy atom. The first-order chi connectivity index (χ1) is 12.8. The normalized spacial score (nSPS) is 17.6. The number of nitrogens with zero attached hydrogens (tertiary/aromatic N) is 1. The minimum atomic E-state index is -3.40. The van der Waals surface area contributed by atoms with Crippen LogP contribution in [0.1, 0.15) is 27.5 Å². The van der Waals surface area contributed by atoms with Crippen molar-refractivity contribution in [3.63, 3.8) is 0 Å². The van der Waals surface area contributed by atoms with Crippen LogP contribution in [0.25, 0.3) is 0 Å². The Kier molecular flexibility index (Phi) is 5.53. The SMILES string of the molecule is COc1ccccc1C1CNCCN1C(=O)c1ccc(C)c(S(C)(=O)=O)c1. The molecule has 1 atom stereocenters. The number of rotatable bonds is 4. The van der Waals surface area contributed by atoms with Gasteiger partial charge < -0.3 is 15.0 Å². The lowest BCUT2D eigenvalue weighted by atomic mass is 10.0. The maximum absolute atomic E-state index is 13.2. The van der Waals surface area contributed by atoms with Crippen molar-refractivity contribution in [1.82, 2.24) is 10.2 Å². The third-order valence-corrected chi connectivity index (χ3v) is 6.08. The Labute approximate surface area is 160 Å². The largest absolute Gasteiger partial charge is 0.496 e. The summed E-state index contributed by atoms with van der Waals surface area (Å²) in [5, 5.41) is 3.32. The molecule has 6 nitrogen and oxygen atoms in total. The molecule has 1 fully saturated rings. The number of ether oxygens (including phenoxy) is 1. The summed E-state index contributed by atoms with van der Waals surface area (Å²) in [6.07, 6.45) is 1.16. The molecule has 0 saturated carbocycles. The molecule has 2 aromatic carbocycles. The van der Waals surface area contributed by atoms with E-state index in [2.05, 4.69) is 5.32 Å². The van der Waals surface area contributed by atoms with Gasteiger partial charge in [-0.2, -0.15) is 0 Å². The molecule has 144 valence electrons. The number of piperazine rings is 1. The van der Waals surface area contributed by atoms with E-state index >= 15 is 0 Å². The molecule has 1 unspecified atom stereocenters. The molecular weight excluding hydrogens is 364 g/mol. The molecule has 7 heteroatoms. The van der Waals surface area contributed by atoms with Crippen molar-refractivity contribution in [3.05, 3.63) is 59.2 Å². The minimum Gasteiger partial charge on any atom is -0.496 e. The molecule has 0 aromatic heterocycles. The minimum absolute atomic E-state index is 0.183. The van der Waals surface area contributed by atoms with Gasteiger partial charge in [-0.25, -0.2) is 8.42 Å². The number of carbonyl (C=O) groups excluding carboxylic acids is 1. The zero-order valence-corrected chi connectivity index (χ0v) is 16.5. The van der Waals surface area contributed by atoms with Crippen LogP contribution in [-0.4, -0.2) is 52.2 Å². The zero-order chi connectivity index (χ0) is 19.6. The molecule has 1 heterocycles. The predicted molar refractivity (Wildman–Crippen MR) is 104 cm³/mol. The number of methoxy groups -OCH3 is 1. The lowest BCUT2D eigenvalue weighted by Crippen LogP contribution is -2.48. The highest BCUT2D eigenvalue weighted by molar-refractivity contribution is 7.90. The second kappa shape index (κ2) is 7.70. The van der Waals surface area contributed by atoms with E-state index in [9.17, 15) is 13.2 Å². The molecule has 0 radical (unpaired) electrons. The molecule has 1 amide bonds. The van der Waals surface area contributed by atoms with Gasteiger partial charge >= 0.3 is 0 Å². The maximum atomic E-state index is 13.2. The van der Waals surface area contributed by atoms with Crippen LogP contribution in [0.2, 0.25) is 0 Å². The van der Waals surface area contributed by atoms with E-state index in [-0.39, 0.29) is 16.8 Å². The van der Waals surface area contributed by atoms with Gasteiger partial charge in [0.15, 0.2) is 9.84 Å². The van der Waals surface area contributed by atoms with Gasteiger partial charge in [0.25, 0.3) is 5.91 Å². The van der Waals surface area contributed by atoms with E-state index in [1.54, 1.807) is 31.1 Å². The van der Waals surface area contributed by atoms with Crippen molar-refractivity contribution in [2.24, 2.45) is 0 Å². The van der Waals surface area contributed by atoms with Gasteiger partial charge in [0, 0.05) is 37.0 Å². The first-order valence-electron chi connectivity index (χ1n) is 8.78. The van der Waals surface area contributed by atoms with Gasteiger partial charge in [-0.15, -0.1) is 0 Å². The average molecular weight is 388 g/mol. The van der Waals surface area contributed by atoms with Crippen molar-refractivity contribution in [2.75, 3.05) is 33.0 Å². The van der Waals surface area contributed by atoms with Crippen LogP contribution >= 0.6 is 0 Å². The summed E-state index contributed by atoms with van der Waals surface area (Å²) in [5.74, 6) is 0.544. The second-order valence-electron chi connectivity index (χ2n) is 6.71. The van der Waals surface area contributed by atoms with Gasteiger partial charge in [0.1, 0.15) is 5.75 Å². The summed E-state index contributed by atoms with van der Waals surface area (Å²) in [5.41, 5.74) is 1.94. The number of hydrogen-bond acceptors (Lipinski definition) is 5. The molecule has 27 heavy (non-hydrogen) atoms. The summed E-state index contributed by atoms with van der Waals surface area (Å²) >= 11 is 0. The molecule has 1 aliphatic rings. The molecule has 1 saturated heterocycles. The fourth-order valence-electron chi connectivity index (χ4n) is 3.47. The molecule has 0 spiro atoms. The van der Waals surface area contributed by atoms with Gasteiger partial charge in [-0.1, -0.05) is 24.3 Å². The number of nitrogens with one attached hydrogen (secondary N) is 1. The van der Waals surface area contributed by atoms with Crippen molar-refractivity contribution in [1.29, 1.82) is 0 Å². The van der Waals surface area contributed by atoms with Crippen LogP contribution < -0.4 is 10.1 Å². The van der Waals surface area contributed by atoms with Gasteiger partial charge in [-0.3, -0.25) is 4.79 Å². The van der Waals surface area contributed by atoms with Gasteiger partial charge in [-0.05, 0) is 30.7 Å². The molecule has 2 aromatic rings. The summed E-state index contributed by atoms with van der Waals surface area (Å²) < 4.78 is 29.5. The topological polar surface area (TPSA) is 75.7 Å². The van der Waals surface area contributed by atoms with E-state index in [0.29, 0.717) is 30.8 Å². The maximum Gasteiger partial charge on any atom is 0.254 e. The summed E-state index contributed by atoms with van der Waals surface area (Å²) in [6, 6.07) is 12.3. The predicted octanol–water partition coefficient (Wildman–Crippen LogP) is 2.19. The van der Waals surface area contributed by atoms with E-state index in [0.717, 1.165) is 17.6 Å². The van der Waals surface area contributed by atoms with E-state index < -0.39 is 9.84 Å². The van der Waals surface area contributed by atoms with E-state index in [1.165, 1.54) is 6.07 Å². The van der Waals surface area contributed by atoms with Crippen LogP contribution in [-0.2, 0) is 9.84 Å². The highest BCUT2D eigenvalue weighted by atomic mass is 32.2. The number of carbonyl (C=O) groups is 1. The van der Waals surface area contributed by atoms with E-state index in [4.69, 9.17) is 4.74 Å². The van der Waals surface area contributed by atoms with Crippen LogP contribution in [0.3, 0.4) is 0 Å². The highest BCUT2D eigenvalue weighted by Crippen LogP contribution is 2.31. The number of hydrogen-bond donors (Lipinski definition) is 1. The third-order valence-electron chi connectivity index (χ3n) is 4.84. The molecule has 0 aliphatic carbocycles. The van der Waals surface area contributed by atoms with Crippen molar-refractivity contribution < 1.29 is 17.9 Å². The van der Waals surface area contributed by atoms with Crippen molar-refractivity contribution in [2.45, 2.75) is 17.9 Å². The first-order valence-corrected chi connectivity index (χ1v) is 10.7. The summed E-state index contributed by atoms with van der Waals surface area (Å²) in [4.78, 5) is 15.2. The number of amides is 1. The molecule has 1 aliphatic heterocycles. The van der Waals surface area contributed by atoms with Crippen LogP contribution in [0.15, 0.2) is 47.4 Å². The highest BCUT2D eigenvalue weighted by Gasteiger charge is 2.31. The number of aryl methyl sites for hydroxylation is 1. The Balaban J connectivity index is 1.99. The number of sulfone groups is 1. The smallest absolute Gasteiger partial charge is 0.254 e. The quantitative estimate of drug-likeness (QED) is 0.869. The van der Waals surface area contributed by atoms with Gasteiger partial charge in [0.05, 0.1) is 18.0 Å². The summed E-state index contributed by atoms with van der Waals surface area (Å²) in [6.45, 7) is 3.55. The zero-order valence-electron chi connectivity index (χ0n) is 15.7. The standard InChI is InChI=1S/C20H24N2O4S/c1-14-8-9-15(12-19(14)27(3,24)25)20(23)22-11-10-21-13-17(22)16-6-4-5-7-18(16)26-2/h4-9,12,17,21H,10-11,13H2,1-3H3. The molecule has 0 bridgehead atoms. The fraction of sp³-hybridized carbons (Fsp3) is 0.350. The van der Waals surface area contributed by atoms with Crippen molar-refractivity contribution >= 4 is 15.7 Å².